The Morgan fingerprint density at radius 3 is 2.71 bits per heavy atom. The molecule has 0 aliphatic carbocycles. The van der Waals surface area contributed by atoms with Crippen LogP contribution in [0.15, 0.2) is 6.07 Å². The maximum absolute atomic E-state index is 12.8. The number of nitrogens with two attached hydrogens (primary N) is 1. The lowest BCUT2D eigenvalue weighted by Crippen LogP contribution is -2.15. The minimum Gasteiger partial charge on any atom is -0.462 e. The zero-order chi connectivity index (χ0) is 13.0. The Hall–Kier alpha value is -1.56. The number of ether oxygens (including phenoxy) is 1. The van der Waals surface area contributed by atoms with Gasteiger partial charge in [-0.2, -0.15) is 0 Å². The fourth-order valence-electron chi connectivity index (χ4n) is 1.51. The molecule has 0 fully saturated rings. The van der Waals surface area contributed by atoms with Gasteiger partial charge in [0, 0.05) is 17.8 Å². The van der Waals surface area contributed by atoms with Gasteiger partial charge >= 0.3 is 5.97 Å². The largest absolute Gasteiger partial charge is 0.462 e. The number of hydrogen-bond donors (Lipinski definition) is 1. The summed E-state index contributed by atoms with van der Waals surface area (Å²) in [5.41, 5.74) is 5.39. The van der Waals surface area contributed by atoms with E-state index < -0.39 is 18.1 Å². The summed E-state index contributed by atoms with van der Waals surface area (Å²) < 4.78 is 30.3. The molecule has 0 saturated carbocycles. The van der Waals surface area contributed by atoms with Gasteiger partial charge in [0.05, 0.1) is 12.2 Å². The molecule has 17 heavy (non-hydrogen) atoms. The van der Waals surface area contributed by atoms with E-state index in [1.807, 2.05) is 0 Å². The quantitative estimate of drug-likeness (QED) is 0.822. The summed E-state index contributed by atoms with van der Waals surface area (Å²) in [6.45, 7) is 3.17. The Morgan fingerprint density at radius 1 is 1.59 bits per heavy atom. The van der Waals surface area contributed by atoms with Crippen molar-refractivity contribution in [1.82, 2.24) is 4.98 Å². The van der Waals surface area contributed by atoms with Crippen molar-refractivity contribution < 1.29 is 18.3 Å². The highest BCUT2D eigenvalue weighted by Crippen LogP contribution is 2.24. The molecule has 0 aromatic carbocycles. The smallest absolute Gasteiger partial charge is 0.338 e. The first kappa shape index (κ1) is 13.5. The molecule has 2 N–H and O–H groups in total. The lowest BCUT2D eigenvalue weighted by atomic mass is 10.1. The first-order chi connectivity index (χ1) is 8.01. The van der Waals surface area contributed by atoms with Crippen molar-refractivity contribution in [2.45, 2.75) is 26.8 Å². The third-order valence-electron chi connectivity index (χ3n) is 2.19. The van der Waals surface area contributed by atoms with Crippen molar-refractivity contribution >= 4 is 5.97 Å². The predicted molar refractivity (Wildman–Crippen MR) is 57.8 cm³/mol. The van der Waals surface area contributed by atoms with Crippen LogP contribution in [-0.2, 0) is 11.3 Å². The first-order valence-corrected chi connectivity index (χ1v) is 5.17. The molecule has 0 spiro atoms. The SMILES string of the molecule is CCOC(=O)c1cc(C)nc(C(F)F)c1CN. The first-order valence-electron chi connectivity index (χ1n) is 5.17. The maximum atomic E-state index is 12.8. The van der Waals surface area contributed by atoms with Crippen LogP contribution in [0.2, 0.25) is 0 Å². The van der Waals surface area contributed by atoms with Crippen molar-refractivity contribution in [1.29, 1.82) is 0 Å². The van der Waals surface area contributed by atoms with Gasteiger partial charge in [-0.3, -0.25) is 4.98 Å². The average Bonchev–Trinajstić information content (AvgIpc) is 2.28. The molecule has 0 unspecified atom stereocenters. The molecule has 4 nitrogen and oxygen atoms in total. The molecule has 0 saturated heterocycles. The van der Waals surface area contributed by atoms with Crippen molar-refractivity contribution in [2.24, 2.45) is 5.73 Å². The normalized spacial score (nSPS) is 10.7. The minimum absolute atomic E-state index is 0.0454. The fraction of sp³-hybridized carbons (Fsp3) is 0.455. The summed E-state index contributed by atoms with van der Waals surface area (Å²) in [5.74, 6) is -0.652. The van der Waals surface area contributed by atoms with E-state index in [9.17, 15) is 13.6 Å². The molecule has 0 radical (unpaired) electrons. The summed E-state index contributed by atoms with van der Waals surface area (Å²) >= 11 is 0. The molecule has 0 bridgehead atoms. The molecule has 1 aromatic rings. The van der Waals surface area contributed by atoms with E-state index in [-0.39, 0.29) is 24.3 Å². The topological polar surface area (TPSA) is 65.2 Å². The van der Waals surface area contributed by atoms with Gasteiger partial charge in [-0.1, -0.05) is 0 Å². The Kier molecular flexibility index (Phi) is 4.51. The highest BCUT2D eigenvalue weighted by Gasteiger charge is 2.22. The van der Waals surface area contributed by atoms with Crippen molar-refractivity contribution in [2.75, 3.05) is 6.61 Å². The van der Waals surface area contributed by atoms with Gasteiger partial charge in [-0.15, -0.1) is 0 Å². The van der Waals surface area contributed by atoms with Crippen LogP contribution in [-0.4, -0.2) is 17.6 Å². The van der Waals surface area contributed by atoms with Crippen LogP contribution in [0.1, 0.15) is 40.7 Å². The second-order valence-electron chi connectivity index (χ2n) is 3.40. The van der Waals surface area contributed by atoms with Crippen LogP contribution in [0.3, 0.4) is 0 Å². The van der Waals surface area contributed by atoms with Crippen molar-refractivity contribution in [3.63, 3.8) is 0 Å². The van der Waals surface area contributed by atoms with Crippen LogP contribution in [0, 0.1) is 6.92 Å². The number of alkyl halides is 2. The highest BCUT2D eigenvalue weighted by molar-refractivity contribution is 5.91. The zero-order valence-electron chi connectivity index (χ0n) is 9.67. The molecule has 0 atom stereocenters. The van der Waals surface area contributed by atoms with Gasteiger partial charge in [-0.05, 0) is 19.9 Å². The Morgan fingerprint density at radius 2 is 2.24 bits per heavy atom. The van der Waals surface area contributed by atoms with Gasteiger partial charge in [0.2, 0.25) is 0 Å². The van der Waals surface area contributed by atoms with E-state index in [1.54, 1.807) is 6.92 Å². The second-order valence-corrected chi connectivity index (χ2v) is 3.40. The molecule has 1 rings (SSSR count). The third kappa shape index (κ3) is 2.97. The molecule has 0 aliphatic rings. The van der Waals surface area contributed by atoms with E-state index in [1.165, 1.54) is 13.0 Å². The number of hydrogen-bond acceptors (Lipinski definition) is 4. The Balaban J connectivity index is 3.32. The minimum atomic E-state index is -2.76. The van der Waals surface area contributed by atoms with E-state index in [0.717, 1.165) is 0 Å². The Labute approximate surface area is 97.8 Å². The van der Waals surface area contributed by atoms with E-state index in [0.29, 0.717) is 5.69 Å². The van der Waals surface area contributed by atoms with Gasteiger partial charge in [0.15, 0.2) is 0 Å². The number of aromatic nitrogens is 1. The predicted octanol–water partition coefficient (Wildman–Crippen LogP) is 1.96. The molecule has 1 heterocycles. The van der Waals surface area contributed by atoms with Gasteiger partial charge in [0.25, 0.3) is 6.43 Å². The zero-order valence-corrected chi connectivity index (χ0v) is 9.67. The number of pyridine rings is 1. The number of carbonyl (C=O) groups is 1. The summed E-state index contributed by atoms with van der Waals surface area (Å²) in [6.07, 6.45) is -2.76. The molecule has 6 heteroatoms. The van der Waals surface area contributed by atoms with Crippen LogP contribution in [0.25, 0.3) is 0 Å². The lowest BCUT2D eigenvalue weighted by molar-refractivity contribution is 0.0524. The number of rotatable bonds is 4. The summed E-state index contributed by atoms with van der Waals surface area (Å²) in [7, 11) is 0. The Bertz CT molecular complexity index is 422. The molecular weight excluding hydrogens is 230 g/mol. The van der Waals surface area contributed by atoms with Crippen molar-refractivity contribution in [3.8, 4) is 0 Å². The third-order valence-corrected chi connectivity index (χ3v) is 2.19. The lowest BCUT2D eigenvalue weighted by Gasteiger charge is -2.12. The standard InChI is InChI=1S/C11H14F2N2O2/c1-3-17-11(16)7-4-6(2)15-9(10(12)13)8(7)5-14/h4,10H,3,5,14H2,1-2H3. The highest BCUT2D eigenvalue weighted by atomic mass is 19.3. The van der Waals surface area contributed by atoms with Crippen LogP contribution in [0.4, 0.5) is 8.78 Å². The molecule has 0 amide bonds. The van der Waals surface area contributed by atoms with Crippen LogP contribution >= 0.6 is 0 Å². The van der Waals surface area contributed by atoms with Crippen molar-refractivity contribution in [3.05, 3.63) is 28.6 Å². The van der Waals surface area contributed by atoms with E-state index >= 15 is 0 Å². The number of esters is 1. The van der Waals surface area contributed by atoms with Crippen LogP contribution < -0.4 is 5.73 Å². The van der Waals surface area contributed by atoms with Gasteiger partial charge in [0.1, 0.15) is 5.69 Å². The summed E-state index contributed by atoms with van der Waals surface area (Å²) in [4.78, 5) is 15.3. The van der Waals surface area contributed by atoms with Gasteiger partial charge in [-0.25, -0.2) is 13.6 Å². The number of halogens is 2. The maximum Gasteiger partial charge on any atom is 0.338 e. The average molecular weight is 244 g/mol. The monoisotopic (exact) mass is 244 g/mol. The number of carbonyl (C=O) groups excluding carboxylic acids is 1. The molecule has 94 valence electrons. The summed E-state index contributed by atoms with van der Waals surface area (Å²) in [6, 6.07) is 1.41. The van der Waals surface area contributed by atoms with Gasteiger partial charge < -0.3 is 10.5 Å². The van der Waals surface area contributed by atoms with Crippen LogP contribution in [0.5, 0.6) is 0 Å². The van der Waals surface area contributed by atoms with E-state index in [2.05, 4.69) is 4.98 Å². The van der Waals surface area contributed by atoms with E-state index in [4.69, 9.17) is 10.5 Å². The fourth-order valence-corrected chi connectivity index (χ4v) is 1.51. The molecular formula is C11H14F2N2O2. The second kappa shape index (κ2) is 5.67. The number of aryl methyl sites for hydroxylation is 1. The molecule has 0 aliphatic heterocycles. The number of nitrogens with zero attached hydrogens (tertiary/aromatic N) is 1. The molecule has 1 aromatic heterocycles. The summed E-state index contributed by atoms with van der Waals surface area (Å²) in [5, 5.41) is 0.